The fourth-order valence-corrected chi connectivity index (χ4v) is 2.48. The number of hydrogen-bond acceptors (Lipinski definition) is 4. The smallest absolute Gasteiger partial charge is 0.168 e. The lowest BCUT2D eigenvalue weighted by molar-refractivity contribution is -0.188. The fraction of sp³-hybridized carbons (Fsp3) is 1.00. The zero-order valence-electron chi connectivity index (χ0n) is 9.15. The van der Waals surface area contributed by atoms with Crippen molar-refractivity contribution in [1.29, 1.82) is 0 Å². The molecule has 2 fully saturated rings. The first-order valence-corrected chi connectivity index (χ1v) is 5.94. The Morgan fingerprint density at radius 3 is 2.73 bits per heavy atom. The van der Waals surface area contributed by atoms with E-state index in [0.717, 1.165) is 12.8 Å². The number of rotatable bonds is 3. The summed E-state index contributed by atoms with van der Waals surface area (Å²) in [5.74, 6) is -0.337. The first kappa shape index (κ1) is 11.3. The molecule has 0 aromatic rings. The van der Waals surface area contributed by atoms with Gasteiger partial charge in [-0.15, -0.1) is 0 Å². The molecular formula is C11H21NO3. The summed E-state index contributed by atoms with van der Waals surface area (Å²) in [5.41, 5.74) is 5.91. The lowest BCUT2D eigenvalue weighted by Crippen LogP contribution is -2.40. The monoisotopic (exact) mass is 215 g/mol. The molecule has 3 N–H and O–H groups in total. The second-order valence-corrected chi connectivity index (χ2v) is 4.61. The van der Waals surface area contributed by atoms with Crippen molar-refractivity contribution in [3.8, 4) is 0 Å². The van der Waals surface area contributed by atoms with E-state index in [4.69, 9.17) is 20.3 Å². The van der Waals surface area contributed by atoms with Gasteiger partial charge in [-0.1, -0.05) is 6.42 Å². The number of aliphatic hydroxyl groups is 1. The van der Waals surface area contributed by atoms with Crippen LogP contribution in [0.15, 0.2) is 0 Å². The minimum absolute atomic E-state index is 0.0322. The van der Waals surface area contributed by atoms with Crippen LogP contribution < -0.4 is 5.73 Å². The van der Waals surface area contributed by atoms with Crippen molar-refractivity contribution >= 4 is 0 Å². The van der Waals surface area contributed by atoms with E-state index in [1.807, 2.05) is 0 Å². The molecule has 88 valence electrons. The van der Waals surface area contributed by atoms with Gasteiger partial charge < -0.3 is 20.3 Å². The summed E-state index contributed by atoms with van der Waals surface area (Å²) < 4.78 is 11.7. The molecule has 0 radical (unpaired) electrons. The zero-order chi connectivity index (χ0) is 10.7. The molecule has 4 nitrogen and oxygen atoms in total. The SMILES string of the molecule is N[C@@H](CCO)[C@H]1COC2(CCCCC2)O1. The number of aliphatic hydroxyl groups excluding tert-OH is 1. The predicted molar refractivity (Wildman–Crippen MR) is 56.3 cm³/mol. The topological polar surface area (TPSA) is 64.7 Å². The Hall–Kier alpha value is -0.160. The Morgan fingerprint density at radius 2 is 2.07 bits per heavy atom. The van der Waals surface area contributed by atoms with Gasteiger partial charge >= 0.3 is 0 Å². The van der Waals surface area contributed by atoms with Gasteiger partial charge in [-0.3, -0.25) is 0 Å². The second kappa shape index (κ2) is 4.78. The summed E-state index contributed by atoms with van der Waals surface area (Å²) in [7, 11) is 0. The van der Waals surface area contributed by atoms with Crippen LogP contribution in [-0.4, -0.2) is 36.3 Å². The maximum atomic E-state index is 8.82. The van der Waals surface area contributed by atoms with Crippen LogP contribution in [0.3, 0.4) is 0 Å². The van der Waals surface area contributed by atoms with Crippen molar-refractivity contribution < 1.29 is 14.6 Å². The minimum atomic E-state index is -0.337. The molecule has 1 saturated carbocycles. The summed E-state index contributed by atoms with van der Waals surface area (Å²) in [6.45, 7) is 0.704. The summed E-state index contributed by atoms with van der Waals surface area (Å²) in [6.07, 6.45) is 6.19. The van der Waals surface area contributed by atoms with Gasteiger partial charge in [0.25, 0.3) is 0 Å². The largest absolute Gasteiger partial charge is 0.396 e. The van der Waals surface area contributed by atoms with Crippen LogP contribution >= 0.6 is 0 Å². The van der Waals surface area contributed by atoms with Gasteiger partial charge in [0.1, 0.15) is 0 Å². The first-order chi connectivity index (χ1) is 7.26. The molecule has 2 rings (SSSR count). The van der Waals surface area contributed by atoms with Gasteiger partial charge in [0, 0.05) is 25.5 Å². The Kier molecular flexibility index (Phi) is 3.61. The van der Waals surface area contributed by atoms with Crippen LogP contribution in [0.1, 0.15) is 38.5 Å². The van der Waals surface area contributed by atoms with E-state index in [0.29, 0.717) is 13.0 Å². The lowest BCUT2D eigenvalue weighted by atomic mass is 9.94. The molecule has 1 heterocycles. The van der Waals surface area contributed by atoms with Gasteiger partial charge in [0.2, 0.25) is 0 Å². The van der Waals surface area contributed by atoms with E-state index in [1.165, 1.54) is 19.3 Å². The third-order valence-electron chi connectivity index (χ3n) is 3.43. The summed E-state index contributed by atoms with van der Waals surface area (Å²) >= 11 is 0. The molecule has 1 aliphatic carbocycles. The molecule has 2 atom stereocenters. The zero-order valence-corrected chi connectivity index (χ0v) is 9.15. The second-order valence-electron chi connectivity index (χ2n) is 4.61. The highest BCUT2D eigenvalue weighted by Crippen LogP contribution is 2.38. The molecule has 0 bridgehead atoms. The maximum Gasteiger partial charge on any atom is 0.168 e. The van der Waals surface area contributed by atoms with Gasteiger partial charge in [0.05, 0.1) is 12.7 Å². The molecule has 0 amide bonds. The van der Waals surface area contributed by atoms with E-state index >= 15 is 0 Å². The Bertz CT molecular complexity index is 204. The molecule has 0 aromatic carbocycles. The summed E-state index contributed by atoms with van der Waals surface area (Å²) in [6, 6.07) is -0.101. The minimum Gasteiger partial charge on any atom is -0.396 e. The average molecular weight is 215 g/mol. The average Bonchev–Trinajstić information content (AvgIpc) is 2.64. The van der Waals surface area contributed by atoms with Crippen molar-refractivity contribution in [2.45, 2.75) is 56.5 Å². The van der Waals surface area contributed by atoms with Gasteiger partial charge in [0.15, 0.2) is 5.79 Å². The molecule has 1 spiro atoms. The summed E-state index contributed by atoms with van der Waals surface area (Å²) in [5, 5.41) is 8.82. The summed E-state index contributed by atoms with van der Waals surface area (Å²) in [4.78, 5) is 0. The van der Waals surface area contributed by atoms with Crippen molar-refractivity contribution in [2.24, 2.45) is 5.73 Å². The van der Waals surface area contributed by atoms with E-state index < -0.39 is 0 Å². The molecule has 2 aliphatic rings. The predicted octanol–water partition coefficient (Wildman–Crippen LogP) is 0.772. The molecule has 1 aliphatic heterocycles. The van der Waals surface area contributed by atoms with Crippen LogP contribution in [-0.2, 0) is 9.47 Å². The molecule has 1 saturated heterocycles. The van der Waals surface area contributed by atoms with Gasteiger partial charge in [-0.25, -0.2) is 0 Å². The quantitative estimate of drug-likeness (QED) is 0.730. The van der Waals surface area contributed by atoms with Crippen LogP contribution in [0.5, 0.6) is 0 Å². The van der Waals surface area contributed by atoms with Crippen molar-refractivity contribution in [1.82, 2.24) is 0 Å². The van der Waals surface area contributed by atoms with Gasteiger partial charge in [-0.2, -0.15) is 0 Å². The highest BCUT2D eigenvalue weighted by atomic mass is 16.7. The van der Waals surface area contributed by atoms with Crippen molar-refractivity contribution in [3.63, 3.8) is 0 Å². The van der Waals surface area contributed by atoms with Crippen molar-refractivity contribution in [3.05, 3.63) is 0 Å². The first-order valence-electron chi connectivity index (χ1n) is 5.94. The maximum absolute atomic E-state index is 8.82. The van der Waals surface area contributed by atoms with Gasteiger partial charge in [-0.05, 0) is 19.3 Å². The fourth-order valence-electron chi connectivity index (χ4n) is 2.48. The highest BCUT2D eigenvalue weighted by molar-refractivity contribution is 4.86. The molecule has 0 unspecified atom stereocenters. The normalized spacial score (nSPS) is 32.0. The Balaban J connectivity index is 1.87. The molecular weight excluding hydrogens is 194 g/mol. The number of ether oxygens (including phenoxy) is 2. The van der Waals surface area contributed by atoms with E-state index in [2.05, 4.69) is 0 Å². The third-order valence-corrected chi connectivity index (χ3v) is 3.43. The van der Waals surface area contributed by atoms with E-state index in [1.54, 1.807) is 0 Å². The number of nitrogens with two attached hydrogens (primary N) is 1. The highest BCUT2D eigenvalue weighted by Gasteiger charge is 2.43. The lowest BCUT2D eigenvalue weighted by Gasteiger charge is -2.32. The van der Waals surface area contributed by atoms with Crippen LogP contribution in [0.4, 0.5) is 0 Å². The van der Waals surface area contributed by atoms with Crippen LogP contribution in [0.25, 0.3) is 0 Å². The third kappa shape index (κ3) is 2.50. The standard InChI is InChI=1S/C11H21NO3/c12-9(4-7-13)10-8-14-11(15-10)5-2-1-3-6-11/h9-10,13H,1-8,12H2/t9-,10+/m0/s1. The number of hydrogen-bond donors (Lipinski definition) is 2. The van der Waals surface area contributed by atoms with Crippen LogP contribution in [0, 0.1) is 0 Å². The van der Waals surface area contributed by atoms with E-state index in [9.17, 15) is 0 Å². The molecule has 0 aromatic heterocycles. The van der Waals surface area contributed by atoms with Crippen LogP contribution in [0.2, 0.25) is 0 Å². The molecule has 15 heavy (non-hydrogen) atoms. The van der Waals surface area contributed by atoms with E-state index in [-0.39, 0.29) is 24.5 Å². The Morgan fingerprint density at radius 1 is 1.33 bits per heavy atom. The van der Waals surface area contributed by atoms with Crippen molar-refractivity contribution in [2.75, 3.05) is 13.2 Å². The Labute approximate surface area is 90.7 Å². The molecule has 4 heteroatoms.